The van der Waals surface area contributed by atoms with Crippen LogP contribution in [0.5, 0.6) is 0 Å². The van der Waals surface area contributed by atoms with Crippen LogP contribution >= 0.6 is 0 Å². The Morgan fingerprint density at radius 3 is 2.12 bits per heavy atom. The van der Waals surface area contributed by atoms with E-state index in [-0.39, 0.29) is 0 Å². The third-order valence-corrected chi connectivity index (χ3v) is 8.54. The average molecular weight is 536 g/mol. The Hall–Kier alpha value is -5.67. The van der Waals surface area contributed by atoms with Crippen molar-refractivity contribution in [3.05, 3.63) is 152 Å². The van der Waals surface area contributed by atoms with Crippen molar-refractivity contribution in [3.8, 4) is 22.5 Å². The molecule has 0 radical (unpaired) electrons. The summed E-state index contributed by atoms with van der Waals surface area (Å²) in [6, 6.07) is 52.3. The van der Waals surface area contributed by atoms with Crippen molar-refractivity contribution < 1.29 is 0 Å². The highest BCUT2D eigenvalue weighted by molar-refractivity contribution is 6.14. The maximum atomic E-state index is 4.85. The monoisotopic (exact) mass is 535 g/mol. The number of benzene rings is 6. The summed E-state index contributed by atoms with van der Waals surface area (Å²) in [6.07, 6.45) is 1.88. The second kappa shape index (κ2) is 8.92. The van der Waals surface area contributed by atoms with Gasteiger partial charge in [0.15, 0.2) is 0 Å². The summed E-state index contributed by atoms with van der Waals surface area (Å²) in [4.78, 5) is 4.85. The molecule has 6 aromatic carbocycles. The van der Waals surface area contributed by atoms with E-state index in [0.29, 0.717) is 0 Å². The predicted molar refractivity (Wildman–Crippen MR) is 176 cm³/mol. The van der Waals surface area contributed by atoms with Crippen molar-refractivity contribution in [3.63, 3.8) is 0 Å². The Morgan fingerprint density at radius 2 is 1.19 bits per heavy atom. The van der Waals surface area contributed by atoms with E-state index in [9.17, 15) is 0 Å². The van der Waals surface area contributed by atoms with Gasteiger partial charge in [-0.3, -0.25) is 4.57 Å². The summed E-state index contributed by atoms with van der Waals surface area (Å²) in [5, 5.41) is 7.35. The smallest absolute Gasteiger partial charge is 0.145 e. The van der Waals surface area contributed by atoms with Gasteiger partial charge in [0.05, 0.1) is 16.6 Å². The lowest BCUT2D eigenvalue weighted by Crippen LogP contribution is -1.97. The largest absolute Gasteiger partial charge is 0.309 e. The summed E-state index contributed by atoms with van der Waals surface area (Å²) in [6.45, 7) is 0. The highest BCUT2D eigenvalue weighted by Crippen LogP contribution is 2.40. The Kier molecular flexibility index (Phi) is 4.90. The minimum Gasteiger partial charge on any atom is -0.309 e. The van der Waals surface area contributed by atoms with Crippen LogP contribution in [-0.2, 0) is 0 Å². The number of pyridine rings is 1. The Bertz CT molecular complexity index is 2460. The van der Waals surface area contributed by atoms with Crippen molar-refractivity contribution in [2.45, 2.75) is 0 Å². The highest BCUT2D eigenvalue weighted by Gasteiger charge is 2.19. The molecule has 3 aromatic heterocycles. The summed E-state index contributed by atoms with van der Waals surface area (Å²) in [5.74, 6) is 0. The van der Waals surface area contributed by atoms with Gasteiger partial charge in [-0.05, 0) is 64.9 Å². The number of hydrogen-bond acceptors (Lipinski definition) is 1. The first-order chi connectivity index (χ1) is 20.8. The SMILES string of the molecule is c1ccc(-n2c3ncccc3c3cccc(-c4ccc5c6ccccc6n(-c6ccc7ccccc7c6)c5c4)c32)cc1. The van der Waals surface area contributed by atoms with Gasteiger partial charge in [0.1, 0.15) is 5.65 Å². The zero-order chi connectivity index (χ0) is 27.6. The Labute approximate surface area is 242 Å². The maximum absolute atomic E-state index is 4.85. The summed E-state index contributed by atoms with van der Waals surface area (Å²) < 4.78 is 4.72. The molecule has 0 saturated carbocycles. The van der Waals surface area contributed by atoms with Gasteiger partial charge in [-0.25, -0.2) is 4.98 Å². The van der Waals surface area contributed by atoms with Crippen LogP contribution in [0, 0.1) is 0 Å². The van der Waals surface area contributed by atoms with Crippen LogP contribution in [0.4, 0.5) is 0 Å². The van der Waals surface area contributed by atoms with E-state index in [4.69, 9.17) is 4.98 Å². The van der Waals surface area contributed by atoms with Crippen LogP contribution < -0.4 is 0 Å². The second-order valence-electron chi connectivity index (χ2n) is 10.9. The predicted octanol–water partition coefficient (Wildman–Crippen LogP) is 10.1. The highest BCUT2D eigenvalue weighted by atomic mass is 15.0. The number of fused-ring (bicyclic) bond motifs is 7. The number of para-hydroxylation sites is 3. The topological polar surface area (TPSA) is 22.8 Å². The first-order valence-electron chi connectivity index (χ1n) is 14.3. The van der Waals surface area contributed by atoms with Crippen molar-refractivity contribution in [2.75, 3.05) is 0 Å². The number of nitrogens with zero attached hydrogens (tertiary/aromatic N) is 3. The quantitative estimate of drug-likeness (QED) is 0.221. The Morgan fingerprint density at radius 1 is 0.429 bits per heavy atom. The van der Waals surface area contributed by atoms with E-state index in [0.717, 1.165) is 22.4 Å². The molecular weight excluding hydrogens is 510 g/mol. The molecule has 0 N–H and O–H groups in total. The fourth-order valence-corrected chi connectivity index (χ4v) is 6.69. The standard InChI is InChI=1S/C39H25N3/c1-2-12-29(13-3-1)42-38-31(15-8-16-34(38)35-17-9-23-40-39(35)42)28-20-22-33-32-14-6-7-18-36(32)41(37(33)25-28)30-21-19-26-10-4-5-11-27(26)24-30/h1-25H. The van der Waals surface area contributed by atoms with Gasteiger partial charge in [-0.2, -0.15) is 0 Å². The van der Waals surface area contributed by atoms with E-state index >= 15 is 0 Å². The molecule has 0 fully saturated rings. The molecule has 9 rings (SSSR count). The van der Waals surface area contributed by atoms with Gasteiger partial charge in [0.25, 0.3) is 0 Å². The summed E-state index contributed by atoms with van der Waals surface area (Å²) in [7, 11) is 0. The molecule has 0 spiro atoms. The van der Waals surface area contributed by atoms with Gasteiger partial charge < -0.3 is 4.57 Å². The molecule has 3 heteroatoms. The van der Waals surface area contributed by atoms with Gasteiger partial charge in [0, 0.05) is 44.7 Å². The van der Waals surface area contributed by atoms with E-state index in [1.54, 1.807) is 0 Å². The lowest BCUT2D eigenvalue weighted by atomic mass is 10.0. The molecule has 0 amide bonds. The third kappa shape index (κ3) is 3.31. The minimum atomic E-state index is 0.970. The van der Waals surface area contributed by atoms with E-state index in [2.05, 4.69) is 149 Å². The third-order valence-electron chi connectivity index (χ3n) is 8.54. The van der Waals surface area contributed by atoms with E-state index in [1.807, 2.05) is 12.3 Å². The fourth-order valence-electron chi connectivity index (χ4n) is 6.69. The summed E-state index contributed by atoms with van der Waals surface area (Å²) in [5.41, 5.74) is 9.18. The molecule has 0 unspecified atom stereocenters. The lowest BCUT2D eigenvalue weighted by molar-refractivity contribution is 1.14. The molecule has 0 bridgehead atoms. The van der Waals surface area contributed by atoms with Crippen LogP contribution in [0.25, 0.3) is 77.0 Å². The van der Waals surface area contributed by atoms with E-state index in [1.165, 1.54) is 54.6 Å². The van der Waals surface area contributed by atoms with Crippen LogP contribution in [0.15, 0.2) is 152 Å². The van der Waals surface area contributed by atoms with Gasteiger partial charge >= 0.3 is 0 Å². The van der Waals surface area contributed by atoms with Crippen LogP contribution in [0.1, 0.15) is 0 Å². The van der Waals surface area contributed by atoms with Gasteiger partial charge in [-0.15, -0.1) is 0 Å². The number of aromatic nitrogens is 3. The second-order valence-corrected chi connectivity index (χ2v) is 10.9. The molecule has 0 saturated heterocycles. The normalized spacial score (nSPS) is 11.8. The molecule has 3 nitrogen and oxygen atoms in total. The molecule has 0 aliphatic carbocycles. The fraction of sp³-hybridized carbons (Fsp3) is 0. The van der Waals surface area contributed by atoms with Crippen LogP contribution in [-0.4, -0.2) is 14.1 Å². The lowest BCUT2D eigenvalue weighted by Gasteiger charge is -2.13. The molecule has 3 heterocycles. The molecule has 42 heavy (non-hydrogen) atoms. The van der Waals surface area contributed by atoms with Gasteiger partial charge in [0.2, 0.25) is 0 Å². The zero-order valence-corrected chi connectivity index (χ0v) is 22.8. The first kappa shape index (κ1) is 23.1. The van der Waals surface area contributed by atoms with Crippen LogP contribution in [0.2, 0.25) is 0 Å². The van der Waals surface area contributed by atoms with E-state index < -0.39 is 0 Å². The molecule has 0 aliphatic rings. The number of hydrogen-bond donors (Lipinski definition) is 0. The van der Waals surface area contributed by atoms with Crippen molar-refractivity contribution >= 4 is 54.5 Å². The first-order valence-corrected chi connectivity index (χ1v) is 14.3. The number of rotatable bonds is 3. The average Bonchev–Trinajstić information content (AvgIpc) is 3.58. The van der Waals surface area contributed by atoms with Gasteiger partial charge in [-0.1, -0.05) is 97.1 Å². The minimum absolute atomic E-state index is 0.970. The molecule has 9 aromatic rings. The van der Waals surface area contributed by atoms with Crippen molar-refractivity contribution in [1.82, 2.24) is 14.1 Å². The van der Waals surface area contributed by atoms with Crippen molar-refractivity contribution in [2.24, 2.45) is 0 Å². The summed E-state index contributed by atoms with van der Waals surface area (Å²) >= 11 is 0. The molecule has 0 atom stereocenters. The molecular formula is C39H25N3. The maximum Gasteiger partial charge on any atom is 0.145 e. The zero-order valence-electron chi connectivity index (χ0n) is 22.8. The van der Waals surface area contributed by atoms with Crippen LogP contribution in [0.3, 0.4) is 0 Å². The molecule has 0 aliphatic heterocycles. The molecule has 196 valence electrons. The Balaban J connectivity index is 1.37. The van der Waals surface area contributed by atoms with Crippen molar-refractivity contribution in [1.29, 1.82) is 0 Å².